The number of hydrogen-bond acceptors (Lipinski definition) is 3. The van der Waals surface area contributed by atoms with Gasteiger partial charge in [0.2, 0.25) is 5.91 Å². The highest BCUT2D eigenvalue weighted by molar-refractivity contribution is 5.97. The second-order valence-corrected chi connectivity index (χ2v) is 3.99. The third-order valence-corrected chi connectivity index (χ3v) is 2.77. The number of nitrogen functional groups attached to an aromatic ring is 1. The van der Waals surface area contributed by atoms with E-state index >= 15 is 0 Å². The molecule has 1 rings (SSSR count). The lowest BCUT2D eigenvalue weighted by Gasteiger charge is -2.16. The Hall–Kier alpha value is -2.04. The van der Waals surface area contributed by atoms with Gasteiger partial charge < -0.3 is 16.2 Å². The number of amides is 1. The van der Waals surface area contributed by atoms with Gasteiger partial charge in [-0.1, -0.05) is 26.0 Å². The van der Waals surface area contributed by atoms with Crippen LogP contribution in [0.3, 0.4) is 0 Å². The minimum atomic E-state index is -0.992. The van der Waals surface area contributed by atoms with Crippen molar-refractivity contribution in [1.82, 2.24) is 0 Å². The van der Waals surface area contributed by atoms with Gasteiger partial charge in [0.25, 0.3) is 0 Å². The number of aliphatic carboxylic acids is 1. The molecule has 0 aromatic heterocycles. The highest BCUT2D eigenvalue weighted by Gasteiger charge is 2.25. The molecule has 0 spiro atoms. The predicted molar refractivity (Wildman–Crippen MR) is 65.4 cm³/mol. The third kappa shape index (κ3) is 3.21. The van der Waals surface area contributed by atoms with E-state index in [-0.39, 0.29) is 5.91 Å². The molecule has 0 saturated heterocycles. The summed E-state index contributed by atoms with van der Waals surface area (Å²) in [5.41, 5.74) is 6.63. The lowest BCUT2D eigenvalue weighted by molar-refractivity contribution is -0.145. The predicted octanol–water partition coefficient (Wildman–Crippen LogP) is 1.56. The van der Waals surface area contributed by atoms with E-state index in [9.17, 15) is 9.59 Å². The molecule has 0 fully saturated rings. The molecule has 5 heteroatoms. The van der Waals surface area contributed by atoms with Crippen LogP contribution in [0.4, 0.5) is 11.4 Å². The lowest BCUT2D eigenvalue weighted by atomic mass is 9.95. The summed E-state index contributed by atoms with van der Waals surface area (Å²) < 4.78 is 0. The first-order valence-electron chi connectivity index (χ1n) is 5.31. The number of benzene rings is 1. The summed E-state index contributed by atoms with van der Waals surface area (Å²) in [6.45, 7) is 3.08. The number of carboxylic acids is 1. The maximum atomic E-state index is 11.8. The summed E-state index contributed by atoms with van der Waals surface area (Å²) in [5.74, 6) is -2.70. The quantitative estimate of drug-likeness (QED) is 0.692. The number of carbonyl (C=O) groups is 2. The van der Waals surface area contributed by atoms with Crippen molar-refractivity contribution in [1.29, 1.82) is 0 Å². The zero-order valence-electron chi connectivity index (χ0n) is 9.81. The van der Waals surface area contributed by atoms with Crippen molar-refractivity contribution in [2.24, 2.45) is 11.8 Å². The summed E-state index contributed by atoms with van der Waals surface area (Å²) in [7, 11) is 0. The first-order valence-corrected chi connectivity index (χ1v) is 5.31. The highest BCUT2D eigenvalue weighted by atomic mass is 16.4. The Morgan fingerprint density at radius 3 is 2.35 bits per heavy atom. The molecule has 1 aromatic carbocycles. The molecule has 5 nitrogen and oxygen atoms in total. The van der Waals surface area contributed by atoms with Gasteiger partial charge in [-0.25, -0.2) is 0 Å². The Balaban J connectivity index is 2.73. The van der Waals surface area contributed by atoms with E-state index in [1.54, 1.807) is 31.2 Å². The molecule has 0 aliphatic carbocycles. The van der Waals surface area contributed by atoms with Crippen molar-refractivity contribution in [2.75, 3.05) is 11.1 Å². The van der Waals surface area contributed by atoms with E-state index < -0.39 is 17.8 Å². The van der Waals surface area contributed by atoms with Crippen molar-refractivity contribution in [2.45, 2.75) is 13.8 Å². The fourth-order valence-corrected chi connectivity index (χ4v) is 1.30. The molecule has 0 radical (unpaired) electrons. The van der Waals surface area contributed by atoms with Crippen LogP contribution < -0.4 is 11.1 Å². The van der Waals surface area contributed by atoms with Crippen molar-refractivity contribution >= 4 is 23.3 Å². The van der Waals surface area contributed by atoms with Gasteiger partial charge in [0, 0.05) is 5.92 Å². The smallest absolute Gasteiger partial charge is 0.307 e. The summed E-state index contributed by atoms with van der Waals surface area (Å²) in [4.78, 5) is 22.5. The van der Waals surface area contributed by atoms with Gasteiger partial charge in [0.1, 0.15) is 0 Å². The number of nitrogens with one attached hydrogen (secondary N) is 1. The van der Waals surface area contributed by atoms with Gasteiger partial charge in [-0.05, 0) is 12.1 Å². The van der Waals surface area contributed by atoms with Crippen LogP contribution in [0.25, 0.3) is 0 Å². The Kier molecular flexibility index (Phi) is 4.09. The number of anilines is 2. The first kappa shape index (κ1) is 13.0. The van der Waals surface area contributed by atoms with Gasteiger partial charge in [0.15, 0.2) is 0 Å². The largest absolute Gasteiger partial charge is 0.481 e. The molecular formula is C12H16N2O3. The summed E-state index contributed by atoms with van der Waals surface area (Å²) >= 11 is 0. The lowest BCUT2D eigenvalue weighted by Crippen LogP contribution is -2.30. The average Bonchev–Trinajstić information content (AvgIpc) is 2.30. The second-order valence-electron chi connectivity index (χ2n) is 3.99. The van der Waals surface area contributed by atoms with Gasteiger partial charge >= 0.3 is 5.97 Å². The molecule has 4 N–H and O–H groups in total. The fourth-order valence-electron chi connectivity index (χ4n) is 1.30. The number of nitrogens with two attached hydrogens (primary N) is 1. The standard InChI is InChI=1S/C12H16N2O3/c1-7(8(2)12(16)17)11(15)14-10-6-4-3-5-9(10)13/h3-8H,13H2,1-2H3,(H,14,15)(H,16,17). The molecule has 0 bridgehead atoms. The molecule has 1 amide bonds. The van der Waals surface area contributed by atoms with Gasteiger partial charge in [-0.15, -0.1) is 0 Å². The molecule has 17 heavy (non-hydrogen) atoms. The van der Waals surface area contributed by atoms with Crippen molar-refractivity contribution in [3.8, 4) is 0 Å². The van der Waals surface area contributed by atoms with Crippen LogP contribution in [0.2, 0.25) is 0 Å². The molecule has 92 valence electrons. The number of carboxylic acid groups (broad SMARTS) is 1. The summed E-state index contributed by atoms with van der Waals surface area (Å²) in [6.07, 6.45) is 0. The van der Waals surface area contributed by atoms with E-state index in [1.807, 2.05) is 0 Å². The Labute approximate surface area is 99.6 Å². The molecule has 0 aliphatic heterocycles. The van der Waals surface area contributed by atoms with Crippen LogP contribution in [0, 0.1) is 11.8 Å². The maximum absolute atomic E-state index is 11.8. The monoisotopic (exact) mass is 236 g/mol. The molecule has 0 heterocycles. The van der Waals surface area contributed by atoms with E-state index in [4.69, 9.17) is 10.8 Å². The molecule has 0 aliphatic rings. The summed E-state index contributed by atoms with van der Waals surface area (Å²) in [6, 6.07) is 6.85. The Bertz CT molecular complexity index is 432. The van der Waals surface area contributed by atoms with Crippen molar-refractivity contribution in [3.05, 3.63) is 24.3 Å². The minimum Gasteiger partial charge on any atom is -0.481 e. The topological polar surface area (TPSA) is 92.4 Å². The number of para-hydroxylation sites is 2. The van der Waals surface area contributed by atoms with Crippen molar-refractivity contribution in [3.63, 3.8) is 0 Å². The van der Waals surface area contributed by atoms with Gasteiger partial charge in [-0.3, -0.25) is 9.59 Å². The van der Waals surface area contributed by atoms with Crippen LogP contribution in [-0.4, -0.2) is 17.0 Å². The van der Waals surface area contributed by atoms with Crippen LogP contribution in [-0.2, 0) is 9.59 Å². The minimum absolute atomic E-state index is 0.349. The van der Waals surface area contributed by atoms with Crippen LogP contribution in [0.1, 0.15) is 13.8 Å². The second kappa shape index (κ2) is 5.34. The molecule has 1 aromatic rings. The normalized spacial score (nSPS) is 13.8. The SMILES string of the molecule is CC(C(=O)O)C(C)C(=O)Nc1ccccc1N. The van der Waals surface area contributed by atoms with Gasteiger partial charge in [0.05, 0.1) is 17.3 Å². The average molecular weight is 236 g/mol. The summed E-state index contributed by atoms with van der Waals surface area (Å²) in [5, 5.41) is 11.4. The zero-order chi connectivity index (χ0) is 13.0. The van der Waals surface area contributed by atoms with Crippen LogP contribution >= 0.6 is 0 Å². The zero-order valence-corrected chi connectivity index (χ0v) is 9.81. The Morgan fingerprint density at radius 1 is 1.24 bits per heavy atom. The number of rotatable bonds is 4. The third-order valence-electron chi connectivity index (χ3n) is 2.77. The van der Waals surface area contributed by atoms with Crippen LogP contribution in [0.15, 0.2) is 24.3 Å². The van der Waals surface area contributed by atoms with E-state index in [2.05, 4.69) is 5.32 Å². The highest BCUT2D eigenvalue weighted by Crippen LogP contribution is 2.19. The molecule has 2 unspecified atom stereocenters. The van der Waals surface area contributed by atoms with E-state index in [0.29, 0.717) is 11.4 Å². The molecule has 0 saturated carbocycles. The molecular weight excluding hydrogens is 220 g/mol. The first-order chi connectivity index (χ1) is 7.93. The Morgan fingerprint density at radius 2 is 1.82 bits per heavy atom. The number of carbonyl (C=O) groups excluding carboxylic acids is 1. The van der Waals surface area contributed by atoms with E-state index in [1.165, 1.54) is 6.92 Å². The van der Waals surface area contributed by atoms with E-state index in [0.717, 1.165) is 0 Å². The fraction of sp³-hybridized carbons (Fsp3) is 0.333. The number of hydrogen-bond donors (Lipinski definition) is 3. The maximum Gasteiger partial charge on any atom is 0.307 e. The molecule has 2 atom stereocenters. The van der Waals surface area contributed by atoms with Crippen LogP contribution in [0.5, 0.6) is 0 Å². The van der Waals surface area contributed by atoms with Crippen molar-refractivity contribution < 1.29 is 14.7 Å². The van der Waals surface area contributed by atoms with Gasteiger partial charge in [-0.2, -0.15) is 0 Å².